The standard InChI is InChI=1S/C26H23N4/c1-28(2)21-15-12-20(13-16-21)14-17-23-18-19-29(22-8-4-3-5-9-22)26-24-10-6-7-11-25(24)27-30(23)26/h3-19H,1-2H3/q+1. The Balaban J connectivity index is 1.65. The number of anilines is 1. The largest absolute Gasteiger partial charge is 0.378 e. The van der Waals surface area contributed by atoms with E-state index in [0.717, 1.165) is 33.5 Å². The second-order valence-corrected chi connectivity index (χ2v) is 7.52. The summed E-state index contributed by atoms with van der Waals surface area (Å²) in [7, 11) is 4.10. The van der Waals surface area contributed by atoms with Crippen LogP contribution in [0, 0.1) is 0 Å². The second kappa shape index (κ2) is 7.48. The number of rotatable bonds is 4. The van der Waals surface area contributed by atoms with Crippen molar-refractivity contribution in [1.82, 2.24) is 9.61 Å². The summed E-state index contributed by atoms with van der Waals surface area (Å²) in [5, 5.41) is 6.02. The van der Waals surface area contributed by atoms with Crippen molar-refractivity contribution in [2.24, 2.45) is 0 Å². The molecule has 2 aromatic heterocycles. The van der Waals surface area contributed by atoms with Crippen molar-refractivity contribution < 1.29 is 4.57 Å². The van der Waals surface area contributed by atoms with E-state index in [1.807, 2.05) is 16.6 Å². The fourth-order valence-corrected chi connectivity index (χ4v) is 3.71. The van der Waals surface area contributed by atoms with E-state index in [1.165, 1.54) is 5.69 Å². The molecule has 0 radical (unpaired) electrons. The minimum atomic E-state index is 0.985. The molecule has 0 amide bonds. The van der Waals surface area contributed by atoms with Crippen LogP contribution in [0.1, 0.15) is 11.3 Å². The highest BCUT2D eigenvalue weighted by atomic mass is 15.3. The maximum absolute atomic E-state index is 4.89. The number of benzene rings is 3. The lowest BCUT2D eigenvalue weighted by molar-refractivity contribution is -0.570. The van der Waals surface area contributed by atoms with Gasteiger partial charge >= 0.3 is 5.65 Å². The van der Waals surface area contributed by atoms with Gasteiger partial charge < -0.3 is 4.90 Å². The molecule has 0 saturated carbocycles. The number of hydrogen-bond donors (Lipinski definition) is 0. The van der Waals surface area contributed by atoms with E-state index in [-0.39, 0.29) is 0 Å². The Hall–Kier alpha value is -3.92. The first-order valence-corrected chi connectivity index (χ1v) is 10.0. The molecule has 146 valence electrons. The van der Waals surface area contributed by atoms with Crippen LogP contribution in [0.4, 0.5) is 5.69 Å². The minimum Gasteiger partial charge on any atom is -0.378 e. The molecule has 4 heteroatoms. The Morgan fingerprint density at radius 3 is 2.30 bits per heavy atom. The Labute approximate surface area is 175 Å². The van der Waals surface area contributed by atoms with Crippen molar-refractivity contribution in [3.63, 3.8) is 0 Å². The molecule has 2 heterocycles. The molecule has 0 aliphatic heterocycles. The van der Waals surface area contributed by atoms with Crippen LogP contribution < -0.4 is 9.47 Å². The Morgan fingerprint density at radius 1 is 0.800 bits per heavy atom. The lowest BCUT2D eigenvalue weighted by atomic mass is 10.1. The first-order valence-electron chi connectivity index (χ1n) is 10.0. The molecule has 3 aromatic carbocycles. The summed E-state index contributed by atoms with van der Waals surface area (Å²) in [4.78, 5) is 2.10. The van der Waals surface area contributed by atoms with Gasteiger partial charge in [-0.3, -0.25) is 0 Å². The zero-order valence-electron chi connectivity index (χ0n) is 17.1. The van der Waals surface area contributed by atoms with E-state index in [1.54, 1.807) is 0 Å². The Bertz CT molecular complexity index is 1350. The summed E-state index contributed by atoms with van der Waals surface area (Å²) in [6.07, 6.45) is 6.37. The zero-order valence-corrected chi connectivity index (χ0v) is 17.1. The molecule has 0 unspecified atom stereocenters. The number of aromatic nitrogens is 3. The smallest absolute Gasteiger partial charge is 0.322 e. The molecule has 0 N–H and O–H groups in total. The molecule has 0 aliphatic carbocycles. The van der Waals surface area contributed by atoms with Crippen LogP contribution in [0.3, 0.4) is 0 Å². The second-order valence-electron chi connectivity index (χ2n) is 7.52. The molecule has 0 saturated heterocycles. The quantitative estimate of drug-likeness (QED) is 0.403. The van der Waals surface area contributed by atoms with Gasteiger partial charge in [0, 0.05) is 25.8 Å². The van der Waals surface area contributed by atoms with E-state index < -0.39 is 0 Å². The molecule has 0 bridgehead atoms. The van der Waals surface area contributed by atoms with Crippen molar-refractivity contribution in [2.45, 2.75) is 0 Å². The van der Waals surface area contributed by atoms with Gasteiger partial charge in [0.05, 0.1) is 5.39 Å². The highest BCUT2D eigenvalue weighted by molar-refractivity contribution is 5.91. The highest BCUT2D eigenvalue weighted by Crippen LogP contribution is 2.20. The van der Waals surface area contributed by atoms with E-state index in [9.17, 15) is 0 Å². The Kier molecular flexibility index (Phi) is 4.52. The topological polar surface area (TPSA) is 24.4 Å². The third-order valence-corrected chi connectivity index (χ3v) is 5.31. The monoisotopic (exact) mass is 391 g/mol. The maximum Gasteiger partial charge on any atom is 0.322 e. The van der Waals surface area contributed by atoms with Gasteiger partial charge in [-0.25, -0.2) is 0 Å². The van der Waals surface area contributed by atoms with Gasteiger partial charge in [-0.05, 0) is 48.0 Å². The van der Waals surface area contributed by atoms with Crippen molar-refractivity contribution in [3.05, 3.63) is 102 Å². The van der Waals surface area contributed by atoms with Gasteiger partial charge in [0.1, 0.15) is 17.4 Å². The van der Waals surface area contributed by atoms with Crippen molar-refractivity contribution in [2.75, 3.05) is 19.0 Å². The highest BCUT2D eigenvalue weighted by Gasteiger charge is 2.20. The maximum atomic E-state index is 4.89. The van der Waals surface area contributed by atoms with Crippen molar-refractivity contribution >= 4 is 34.4 Å². The fraction of sp³-hybridized carbons (Fsp3) is 0.0769. The average molecular weight is 391 g/mol. The predicted molar refractivity (Wildman–Crippen MR) is 124 cm³/mol. The lowest BCUT2D eigenvalue weighted by Crippen LogP contribution is -2.33. The summed E-state index contributed by atoms with van der Waals surface area (Å²) in [6, 6.07) is 29.3. The van der Waals surface area contributed by atoms with Crippen LogP contribution in [0.25, 0.3) is 34.4 Å². The molecule has 5 aromatic rings. The van der Waals surface area contributed by atoms with Crippen LogP contribution in [0.15, 0.2) is 91.1 Å². The van der Waals surface area contributed by atoms with Crippen LogP contribution in [0.5, 0.6) is 0 Å². The molecule has 5 rings (SSSR count). The SMILES string of the molecule is CN(C)c1ccc(C=Cc2cc[n+](-c3ccccc3)c3c4ccccc4nn23)cc1. The van der Waals surface area contributed by atoms with E-state index in [0.29, 0.717) is 0 Å². The normalized spacial score (nSPS) is 11.5. The number of hydrogen-bond acceptors (Lipinski definition) is 2. The molecule has 0 spiro atoms. The molecular weight excluding hydrogens is 368 g/mol. The summed E-state index contributed by atoms with van der Waals surface area (Å²) in [5.74, 6) is 0. The van der Waals surface area contributed by atoms with Gasteiger partial charge in [0.2, 0.25) is 0 Å². The van der Waals surface area contributed by atoms with E-state index >= 15 is 0 Å². The summed E-state index contributed by atoms with van der Waals surface area (Å²) in [6.45, 7) is 0. The summed E-state index contributed by atoms with van der Waals surface area (Å²) < 4.78 is 4.22. The molecule has 0 atom stereocenters. The molecule has 30 heavy (non-hydrogen) atoms. The summed E-state index contributed by atoms with van der Waals surface area (Å²) >= 11 is 0. The number of para-hydroxylation sites is 1. The minimum absolute atomic E-state index is 0.985. The first kappa shape index (κ1) is 18.1. The van der Waals surface area contributed by atoms with Crippen LogP contribution in [-0.4, -0.2) is 23.7 Å². The van der Waals surface area contributed by atoms with Crippen molar-refractivity contribution in [3.8, 4) is 5.69 Å². The van der Waals surface area contributed by atoms with Gasteiger partial charge in [-0.1, -0.05) is 58.2 Å². The molecule has 4 nitrogen and oxygen atoms in total. The first-order chi connectivity index (χ1) is 14.7. The van der Waals surface area contributed by atoms with E-state index in [2.05, 4.69) is 115 Å². The van der Waals surface area contributed by atoms with E-state index in [4.69, 9.17) is 5.10 Å². The van der Waals surface area contributed by atoms with Crippen molar-refractivity contribution in [1.29, 1.82) is 0 Å². The molecular formula is C26H23N4+. The molecule has 0 fully saturated rings. The van der Waals surface area contributed by atoms with Crippen LogP contribution in [-0.2, 0) is 0 Å². The van der Waals surface area contributed by atoms with Gasteiger partial charge in [0.15, 0.2) is 5.69 Å². The average Bonchev–Trinajstić information content (AvgIpc) is 3.18. The number of nitrogens with zero attached hydrogens (tertiary/aromatic N) is 4. The lowest BCUT2D eigenvalue weighted by Gasteiger charge is -2.11. The predicted octanol–water partition coefficient (Wildman–Crippen LogP) is 5.00. The van der Waals surface area contributed by atoms with Gasteiger partial charge in [-0.2, -0.15) is 4.57 Å². The van der Waals surface area contributed by atoms with Gasteiger partial charge in [-0.15, -0.1) is 0 Å². The van der Waals surface area contributed by atoms with Crippen LogP contribution in [0.2, 0.25) is 0 Å². The zero-order chi connectivity index (χ0) is 20.5. The number of fused-ring (bicyclic) bond motifs is 3. The summed E-state index contributed by atoms with van der Waals surface area (Å²) in [5.41, 5.74) is 6.54. The van der Waals surface area contributed by atoms with Crippen LogP contribution >= 0.6 is 0 Å². The van der Waals surface area contributed by atoms with Gasteiger partial charge in [0.25, 0.3) is 0 Å². The Morgan fingerprint density at radius 2 is 1.53 bits per heavy atom. The third-order valence-electron chi connectivity index (χ3n) is 5.31. The third kappa shape index (κ3) is 3.22. The molecule has 0 aliphatic rings. The fourth-order valence-electron chi connectivity index (χ4n) is 3.71.